The van der Waals surface area contributed by atoms with Crippen molar-refractivity contribution in [3.8, 4) is 0 Å². The van der Waals surface area contributed by atoms with Crippen molar-refractivity contribution in [3.05, 3.63) is 0 Å². The predicted molar refractivity (Wildman–Crippen MR) is 26.5 cm³/mol. The van der Waals surface area contributed by atoms with Crippen LogP contribution in [0.4, 0.5) is 16.8 Å². The van der Waals surface area contributed by atoms with Gasteiger partial charge in [0.2, 0.25) is 0 Å². The maximum absolute atomic E-state index is 11.3. The monoisotopic (exact) mass is 150 g/mol. The molecule has 0 unspecified atom stereocenters. The van der Waals surface area contributed by atoms with E-state index in [-0.39, 0.29) is 0 Å². The molecule has 0 aromatic carbocycles. The van der Waals surface area contributed by atoms with Crippen molar-refractivity contribution < 1.29 is 16.8 Å². The van der Waals surface area contributed by atoms with Crippen molar-refractivity contribution in [2.75, 3.05) is 0 Å². The normalized spacial score (nSPS) is 18.1. The molecule has 5 heteroatoms. The van der Waals surface area contributed by atoms with Crippen molar-refractivity contribution in [2.45, 2.75) is 19.5 Å². The number of hydrogen-bond donors (Lipinski definition) is 0. The van der Waals surface area contributed by atoms with E-state index in [9.17, 15) is 16.8 Å². The van der Waals surface area contributed by atoms with E-state index in [0.717, 1.165) is 13.8 Å². The summed E-state index contributed by atoms with van der Waals surface area (Å²) in [5.74, 6) is 0. The van der Waals surface area contributed by atoms with Gasteiger partial charge < -0.3 is 0 Å². The molecule has 0 amide bonds. The fraction of sp³-hybridized carbons (Fsp3) is 1.00. The van der Waals surface area contributed by atoms with E-state index < -0.39 is 13.5 Å². The van der Waals surface area contributed by atoms with Gasteiger partial charge in [0, 0.05) is 0 Å². The Hall–Kier alpha value is 0.150. The first-order chi connectivity index (χ1) is 3.20. The Labute approximate surface area is 45.3 Å². The summed E-state index contributed by atoms with van der Waals surface area (Å²) in [5.41, 5.74) is -1.79. The second kappa shape index (κ2) is 1.56. The van der Waals surface area contributed by atoms with Gasteiger partial charge in [0.15, 0.2) is 0 Å². The van der Waals surface area contributed by atoms with Crippen LogP contribution in [0.15, 0.2) is 0 Å². The molecule has 0 atom stereocenters. The van der Waals surface area contributed by atoms with Gasteiger partial charge in [-0.3, -0.25) is 0 Å². The topological polar surface area (TPSA) is 0 Å². The molecule has 0 saturated carbocycles. The summed E-state index contributed by atoms with van der Waals surface area (Å²) in [5, 5.41) is 0. The fourth-order valence-corrected chi connectivity index (χ4v) is 0. The third-order valence-corrected chi connectivity index (χ3v) is 2.34. The summed E-state index contributed by atoms with van der Waals surface area (Å²) in [6.45, 7) is 1.63. The van der Waals surface area contributed by atoms with Gasteiger partial charge in [-0.25, -0.2) is 0 Å². The Morgan fingerprint density at radius 1 is 1.00 bits per heavy atom. The number of hydrogen-bond acceptors (Lipinski definition) is 0. The molecule has 0 saturated heterocycles. The van der Waals surface area contributed by atoms with Gasteiger partial charge in [0.25, 0.3) is 0 Å². The Kier molecular flexibility index (Phi) is 1.59. The Morgan fingerprint density at radius 3 is 1.12 bits per heavy atom. The summed E-state index contributed by atoms with van der Waals surface area (Å²) in [6, 6.07) is 0. The van der Waals surface area contributed by atoms with Crippen LogP contribution in [-0.2, 0) is 0 Å². The van der Waals surface area contributed by atoms with Gasteiger partial charge in [0.05, 0.1) is 0 Å². The number of halogens is 4. The van der Waals surface area contributed by atoms with Crippen molar-refractivity contribution in [1.29, 1.82) is 0 Å². The van der Waals surface area contributed by atoms with Crippen LogP contribution >= 0.6 is 7.85 Å². The minimum absolute atomic E-state index is 0.817. The summed E-state index contributed by atoms with van der Waals surface area (Å²) in [6.07, 6.45) is 0. The van der Waals surface area contributed by atoms with Crippen LogP contribution in [-0.4, -0.2) is 5.66 Å². The van der Waals surface area contributed by atoms with Crippen LogP contribution in [0.3, 0.4) is 0 Å². The summed E-state index contributed by atoms with van der Waals surface area (Å²) in [4.78, 5) is 0. The first-order valence-corrected chi connectivity index (χ1v) is 3.96. The predicted octanol–water partition coefficient (Wildman–Crippen LogP) is 3.49. The Morgan fingerprint density at radius 2 is 1.12 bits per heavy atom. The van der Waals surface area contributed by atoms with Gasteiger partial charge in [-0.05, 0) is 0 Å². The molecule has 0 N–H and O–H groups in total. The van der Waals surface area contributed by atoms with Gasteiger partial charge in [-0.2, -0.15) is 0 Å². The van der Waals surface area contributed by atoms with E-state index in [1.54, 1.807) is 0 Å². The molecule has 0 fully saturated rings. The average Bonchev–Trinajstić information content (AvgIpc) is 1.27. The molecule has 0 aromatic heterocycles. The first kappa shape index (κ1) is 8.15. The quantitative estimate of drug-likeness (QED) is 0.396. The molecule has 0 bridgehead atoms. The molecule has 0 heterocycles. The summed E-state index contributed by atoms with van der Waals surface area (Å²) >= 11 is 0. The zero-order chi connectivity index (χ0) is 7.02. The number of rotatable bonds is 1. The van der Waals surface area contributed by atoms with E-state index in [1.807, 2.05) is 0 Å². The van der Waals surface area contributed by atoms with E-state index in [2.05, 4.69) is 0 Å². The van der Waals surface area contributed by atoms with Gasteiger partial charge in [0.1, 0.15) is 0 Å². The van der Waals surface area contributed by atoms with E-state index in [4.69, 9.17) is 0 Å². The van der Waals surface area contributed by atoms with Crippen LogP contribution in [0, 0.1) is 0 Å². The second-order valence-electron chi connectivity index (χ2n) is 1.87. The standard InChI is InChI=1S/C3H7F4P/c1-3(2)8(4,5,6)7/h3H,1-2H3. The summed E-state index contributed by atoms with van der Waals surface area (Å²) < 4.78 is 45.3. The van der Waals surface area contributed by atoms with Crippen molar-refractivity contribution >= 4 is 7.85 Å². The molecule has 0 aliphatic carbocycles. The fourth-order valence-electron chi connectivity index (χ4n) is 0. The van der Waals surface area contributed by atoms with E-state index >= 15 is 0 Å². The van der Waals surface area contributed by atoms with E-state index in [0.29, 0.717) is 0 Å². The van der Waals surface area contributed by atoms with Crippen molar-refractivity contribution in [1.82, 2.24) is 0 Å². The van der Waals surface area contributed by atoms with Crippen molar-refractivity contribution in [2.24, 2.45) is 0 Å². The molecule has 0 aromatic rings. The van der Waals surface area contributed by atoms with Gasteiger partial charge in [-0.1, -0.05) is 0 Å². The molecule has 0 rings (SSSR count). The molecular weight excluding hydrogens is 143 g/mol. The molecule has 52 valence electrons. The zero-order valence-corrected chi connectivity index (χ0v) is 5.43. The molecular formula is C3H7F4P. The van der Waals surface area contributed by atoms with Crippen LogP contribution in [0.2, 0.25) is 0 Å². The van der Waals surface area contributed by atoms with Crippen LogP contribution in [0.25, 0.3) is 0 Å². The van der Waals surface area contributed by atoms with Crippen LogP contribution in [0.5, 0.6) is 0 Å². The zero-order valence-electron chi connectivity index (χ0n) is 4.54. The minimum atomic E-state index is -7.18. The molecule has 0 aliphatic heterocycles. The third kappa shape index (κ3) is 2.46. The Bertz CT molecular complexity index is 81.9. The van der Waals surface area contributed by atoms with Gasteiger partial charge in [-0.15, -0.1) is 0 Å². The summed E-state index contributed by atoms with van der Waals surface area (Å²) in [7, 11) is -7.18. The molecule has 0 aliphatic rings. The molecule has 0 nitrogen and oxygen atoms in total. The average molecular weight is 150 g/mol. The van der Waals surface area contributed by atoms with Crippen LogP contribution in [0.1, 0.15) is 13.8 Å². The van der Waals surface area contributed by atoms with Crippen molar-refractivity contribution in [3.63, 3.8) is 0 Å². The Balaban J connectivity index is 4.14. The van der Waals surface area contributed by atoms with Crippen LogP contribution < -0.4 is 0 Å². The SMILES string of the molecule is CC(C)P(F)(F)(F)F. The first-order valence-electron chi connectivity index (χ1n) is 2.09. The molecule has 0 spiro atoms. The maximum atomic E-state index is 11.3. The molecule has 0 radical (unpaired) electrons. The van der Waals surface area contributed by atoms with Gasteiger partial charge >= 0.3 is 44.1 Å². The second-order valence-corrected chi connectivity index (χ2v) is 4.45. The third-order valence-electron chi connectivity index (χ3n) is 0.781. The molecule has 8 heavy (non-hydrogen) atoms. The van der Waals surface area contributed by atoms with E-state index in [1.165, 1.54) is 0 Å².